The molecule has 0 aliphatic carbocycles. The molecule has 1 fully saturated rings. The molecule has 1 N–H and O–H groups in total. The van der Waals surface area contributed by atoms with Gasteiger partial charge in [0.25, 0.3) is 0 Å². The van der Waals surface area contributed by atoms with Crippen LogP contribution < -0.4 is 5.32 Å². The molecule has 5 nitrogen and oxygen atoms in total. The molecule has 1 aliphatic rings. The number of nitrogens with one attached hydrogen (secondary N) is 1. The van der Waals surface area contributed by atoms with Gasteiger partial charge < -0.3 is 14.6 Å². The van der Waals surface area contributed by atoms with Crippen LogP contribution >= 0.6 is 0 Å². The van der Waals surface area contributed by atoms with Crippen molar-refractivity contribution in [2.75, 3.05) is 19.7 Å². The lowest BCUT2D eigenvalue weighted by molar-refractivity contribution is 0.0322. The molecule has 0 bridgehead atoms. The Morgan fingerprint density at radius 3 is 2.74 bits per heavy atom. The van der Waals surface area contributed by atoms with E-state index in [9.17, 15) is 0 Å². The third-order valence-electron chi connectivity index (χ3n) is 3.15. The highest BCUT2D eigenvalue weighted by molar-refractivity contribution is 4.90. The maximum atomic E-state index is 5.83. The quantitative estimate of drug-likeness (QED) is 0.884. The Kier molecular flexibility index (Phi) is 4.93. The fourth-order valence-electron chi connectivity index (χ4n) is 2.21. The van der Waals surface area contributed by atoms with Crippen molar-refractivity contribution in [3.05, 3.63) is 11.7 Å². The van der Waals surface area contributed by atoms with Crippen LogP contribution in [0.3, 0.4) is 0 Å². The number of aromatic nitrogens is 2. The lowest BCUT2D eigenvalue weighted by Gasteiger charge is -2.22. The molecule has 0 amide bonds. The van der Waals surface area contributed by atoms with E-state index in [1.807, 2.05) is 0 Å². The number of rotatable bonds is 5. The van der Waals surface area contributed by atoms with E-state index < -0.39 is 0 Å². The first-order valence-corrected chi connectivity index (χ1v) is 7.17. The smallest absolute Gasteiger partial charge is 0.228 e. The Hall–Kier alpha value is -0.940. The predicted octanol–water partition coefficient (Wildman–Crippen LogP) is 1.97. The normalized spacial score (nSPS) is 17.8. The highest BCUT2D eigenvalue weighted by atomic mass is 16.5. The molecule has 0 saturated carbocycles. The molecule has 1 aromatic rings. The Balaban J connectivity index is 1.71. The molecule has 2 rings (SSSR count). The second kappa shape index (κ2) is 6.48. The first kappa shape index (κ1) is 14.5. The number of piperidine rings is 1. The minimum atomic E-state index is 0.187. The molecular formula is C14H25N3O2. The lowest BCUT2D eigenvalue weighted by Crippen LogP contribution is -2.32. The van der Waals surface area contributed by atoms with Crippen LogP contribution in [0.5, 0.6) is 0 Å². The minimum Gasteiger partial charge on any atom is -0.378 e. The Morgan fingerprint density at radius 2 is 2.05 bits per heavy atom. The minimum absolute atomic E-state index is 0.187. The van der Waals surface area contributed by atoms with Crippen LogP contribution in [0, 0.1) is 5.41 Å². The van der Waals surface area contributed by atoms with Crippen molar-refractivity contribution < 1.29 is 9.26 Å². The zero-order valence-electron chi connectivity index (χ0n) is 12.2. The van der Waals surface area contributed by atoms with Gasteiger partial charge in [0.1, 0.15) is 0 Å². The van der Waals surface area contributed by atoms with Gasteiger partial charge in [-0.15, -0.1) is 0 Å². The number of hydrogen-bond acceptors (Lipinski definition) is 5. The van der Waals surface area contributed by atoms with Crippen LogP contribution in [0.2, 0.25) is 0 Å². The molecule has 1 saturated heterocycles. The van der Waals surface area contributed by atoms with Crippen LogP contribution in [0.15, 0.2) is 4.52 Å². The van der Waals surface area contributed by atoms with Gasteiger partial charge in [0.2, 0.25) is 5.89 Å². The van der Waals surface area contributed by atoms with Crippen molar-refractivity contribution in [1.29, 1.82) is 0 Å². The highest BCUT2D eigenvalue weighted by Crippen LogP contribution is 2.18. The SMILES string of the molecule is CC(C)(C)Cc1noc(CCOC2CCNCC2)n1. The van der Waals surface area contributed by atoms with Crippen molar-refractivity contribution in [3.8, 4) is 0 Å². The van der Waals surface area contributed by atoms with Gasteiger partial charge in [-0.05, 0) is 31.3 Å². The molecule has 1 aromatic heterocycles. The first-order valence-electron chi connectivity index (χ1n) is 7.17. The summed E-state index contributed by atoms with van der Waals surface area (Å²) in [6.45, 7) is 9.29. The summed E-state index contributed by atoms with van der Waals surface area (Å²) in [6, 6.07) is 0. The van der Waals surface area contributed by atoms with Crippen LogP contribution in [-0.4, -0.2) is 35.9 Å². The molecule has 5 heteroatoms. The summed E-state index contributed by atoms with van der Waals surface area (Å²) in [5, 5.41) is 7.34. The highest BCUT2D eigenvalue weighted by Gasteiger charge is 2.17. The molecule has 0 radical (unpaired) electrons. The predicted molar refractivity (Wildman–Crippen MR) is 73.0 cm³/mol. The molecular weight excluding hydrogens is 242 g/mol. The molecule has 19 heavy (non-hydrogen) atoms. The average molecular weight is 267 g/mol. The number of ether oxygens (including phenoxy) is 1. The van der Waals surface area contributed by atoms with Crippen molar-refractivity contribution in [2.45, 2.75) is 52.6 Å². The summed E-state index contributed by atoms with van der Waals surface area (Å²) in [4.78, 5) is 4.41. The average Bonchev–Trinajstić information content (AvgIpc) is 2.76. The zero-order chi connectivity index (χ0) is 13.7. The summed E-state index contributed by atoms with van der Waals surface area (Å²) in [5.74, 6) is 1.48. The van der Waals surface area contributed by atoms with E-state index in [2.05, 4.69) is 36.2 Å². The van der Waals surface area contributed by atoms with Gasteiger partial charge in [0, 0.05) is 6.42 Å². The van der Waals surface area contributed by atoms with Gasteiger partial charge in [-0.25, -0.2) is 0 Å². The largest absolute Gasteiger partial charge is 0.378 e. The molecule has 0 aromatic carbocycles. The van der Waals surface area contributed by atoms with Crippen molar-refractivity contribution in [3.63, 3.8) is 0 Å². The maximum absolute atomic E-state index is 5.83. The second-order valence-corrected chi connectivity index (χ2v) is 6.41. The van der Waals surface area contributed by atoms with Crippen LogP contribution in [-0.2, 0) is 17.6 Å². The first-order chi connectivity index (χ1) is 9.03. The third-order valence-corrected chi connectivity index (χ3v) is 3.15. The fraction of sp³-hybridized carbons (Fsp3) is 0.857. The number of hydrogen-bond donors (Lipinski definition) is 1. The van der Waals surface area contributed by atoms with Gasteiger partial charge in [-0.1, -0.05) is 25.9 Å². The van der Waals surface area contributed by atoms with E-state index >= 15 is 0 Å². The van der Waals surface area contributed by atoms with Crippen molar-refractivity contribution >= 4 is 0 Å². The fourth-order valence-corrected chi connectivity index (χ4v) is 2.21. The van der Waals surface area contributed by atoms with E-state index in [0.29, 0.717) is 25.0 Å². The van der Waals surface area contributed by atoms with Crippen LogP contribution in [0.1, 0.15) is 45.3 Å². The summed E-state index contributed by atoms with van der Waals surface area (Å²) in [5.41, 5.74) is 0.187. The molecule has 108 valence electrons. The summed E-state index contributed by atoms with van der Waals surface area (Å²) in [7, 11) is 0. The Morgan fingerprint density at radius 1 is 1.32 bits per heavy atom. The second-order valence-electron chi connectivity index (χ2n) is 6.41. The topological polar surface area (TPSA) is 60.2 Å². The van der Waals surface area contributed by atoms with E-state index in [4.69, 9.17) is 9.26 Å². The van der Waals surface area contributed by atoms with Crippen LogP contribution in [0.25, 0.3) is 0 Å². The molecule has 1 aliphatic heterocycles. The lowest BCUT2D eigenvalue weighted by atomic mass is 9.92. The molecule has 2 heterocycles. The summed E-state index contributed by atoms with van der Waals surface area (Å²) >= 11 is 0. The van der Waals surface area contributed by atoms with Gasteiger partial charge in [0.15, 0.2) is 5.82 Å². The molecule has 0 atom stereocenters. The monoisotopic (exact) mass is 267 g/mol. The maximum Gasteiger partial charge on any atom is 0.228 e. The van der Waals surface area contributed by atoms with E-state index in [-0.39, 0.29) is 5.41 Å². The van der Waals surface area contributed by atoms with E-state index in [1.54, 1.807) is 0 Å². The van der Waals surface area contributed by atoms with Gasteiger partial charge in [0.05, 0.1) is 19.1 Å². The van der Waals surface area contributed by atoms with Gasteiger partial charge in [-0.3, -0.25) is 0 Å². The van der Waals surface area contributed by atoms with Crippen molar-refractivity contribution in [2.24, 2.45) is 5.41 Å². The zero-order valence-corrected chi connectivity index (χ0v) is 12.2. The van der Waals surface area contributed by atoms with Gasteiger partial charge in [-0.2, -0.15) is 4.98 Å². The van der Waals surface area contributed by atoms with E-state index in [1.165, 1.54) is 0 Å². The number of nitrogens with zero attached hydrogens (tertiary/aromatic N) is 2. The summed E-state index contributed by atoms with van der Waals surface area (Å²) in [6.07, 6.45) is 4.13. The Labute approximate surface area is 115 Å². The van der Waals surface area contributed by atoms with Gasteiger partial charge >= 0.3 is 0 Å². The van der Waals surface area contributed by atoms with Crippen LogP contribution in [0.4, 0.5) is 0 Å². The summed E-state index contributed by atoms with van der Waals surface area (Å²) < 4.78 is 11.1. The standard InChI is InChI=1S/C14H25N3O2/c1-14(2,3)10-12-16-13(19-17-12)6-9-18-11-4-7-15-8-5-11/h11,15H,4-10H2,1-3H3. The third kappa shape index (κ3) is 5.28. The van der Waals surface area contributed by atoms with Crippen molar-refractivity contribution in [1.82, 2.24) is 15.5 Å². The van der Waals surface area contributed by atoms with E-state index in [0.717, 1.165) is 38.2 Å². The molecule has 0 unspecified atom stereocenters. The molecule has 0 spiro atoms. The Bertz CT molecular complexity index is 378.